The minimum atomic E-state index is -0.520. The van der Waals surface area contributed by atoms with Gasteiger partial charge in [-0.2, -0.15) is 0 Å². The molecule has 0 aliphatic rings. The Morgan fingerprint density at radius 3 is 2.59 bits per heavy atom. The molecule has 5 nitrogen and oxygen atoms in total. The number of hydrogen-bond acceptors (Lipinski definition) is 4. The van der Waals surface area contributed by atoms with Crippen LogP contribution >= 0.6 is 23.2 Å². The van der Waals surface area contributed by atoms with Crippen LogP contribution in [0.4, 0.5) is 5.69 Å². The van der Waals surface area contributed by atoms with E-state index < -0.39 is 18.5 Å². The maximum Gasteiger partial charge on any atom is 0.310 e. The Morgan fingerprint density at radius 2 is 1.85 bits per heavy atom. The molecular weight excluding hydrogens is 389 g/mol. The first kappa shape index (κ1) is 19.3. The topological polar surface area (TPSA) is 68.5 Å². The number of esters is 1. The Hall–Kier alpha value is -2.50. The number of carbonyl (C=O) groups excluding carboxylic acids is 2. The van der Waals surface area contributed by atoms with Gasteiger partial charge in [0.1, 0.15) is 5.58 Å². The van der Waals surface area contributed by atoms with Crippen LogP contribution in [0.15, 0.2) is 41.0 Å². The van der Waals surface area contributed by atoms with E-state index >= 15 is 0 Å². The monoisotopic (exact) mass is 405 g/mol. The molecular formula is C20H17Cl2NO4. The maximum absolute atomic E-state index is 12.1. The standard InChI is InChI=1S/C20H17Cl2NO4/c1-11-5-15-13(9-26-18(15)6-12(11)2)7-20(25)27-10-19(24)23-17-4-3-14(21)8-16(17)22/h3-6,8-9H,7,10H2,1-2H3,(H,23,24). The number of benzene rings is 2. The van der Waals surface area contributed by atoms with Crippen LogP contribution in [-0.4, -0.2) is 18.5 Å². The number of fused-ring (bicyclic) bond motifs is 1. The molecule has 27 heavy (non-hydrogen) atoms. The molecule has 0 bridgehead atoms. The van der Waals surface area contributed by atoms with E-state index in [0.29, 0.717) is 15.7 Å². The fourth-order valence-corrected chi connectivity index (χ4v) is 3.06. The van der Waals surface area contributed by atoms with Crippen molar-refractivity contribution in [3.8, 4) is 0 Å². The summed E-state index contributed by atoms with van der Waals surface area (Å²) >= 11 is 11.8. The van der Waals surface area contributed by atoms with Crippen LogP contribution in [-0.2, 0) is 20.7 Å². The molecule has 3 aromatic rings. The highest BCUT2D eigenvalue weighted by Gasteiger charge is 2.14. The first-order valence-corrected chi connectivity index (χ1v) is 8.97. The second kappa shape index (κ2) is 8.03. The van der Waals surface area contributed by atoms with Crippen LogP contribution in [0.25, 0.3) is 11.0 Å². The second-order valence-corrected chi connectivity index (χ2v) is 7.05. The van der Waals surface area contributed by atoms with Gasteiger partial charge in [0.05, 0.1) is 23.4 Å². The van der Waals surface area contributed by atoms with E-state index in [-0.39, 0.29) is 6.42 Å². The van der Waals surface area contributed by atoms with E-state index in [9.17, 15) is 9.59 Å². The van der Waals surface area contributed by atoms with Crippen LogP contribution in [0, 0.1) is 13.8 Å². The van der Waals surface area contributed by atoms with Crippen molar-refractivity contribution in [1.82, 2.24) is 0 Å². The molecule has 0 spiro atoms. The number of amides is 1. The lowest BCUT2D eigenvalue weighted by molar-refractivity contribution is -0.146. The van der Waals surface area contributed by atoms with Gasteiger partial charge in [-0.25, -0.2) is 0 Å². The van der Waals surface area contributed by atoms with Gasteiger partial charge in [0.25, 0.3) is 5.91 Å². The highest BCUT2D eigenvalue weighted by Crippen LogP contribution is 2.26. The maximum atomic E-state index is 12.1. The summed E-state index contributed by atoms with van der Waals surface area (Å²) in [6.45, 7) is 3.58. The van der Waals surface area contributed by atoms with Gasteiger partial charge in [-0.3, -0.25) is 9.59 Å². The van der Waals surface area contributed by atoms with Crippen molar-refractivity contribution in [2.75, 3.05) is 11.9 Å². The molecule has 1 N–H and O–H groups in total. The van der Waals surface area contributed by atoms with E-state index in [2.05, 4.69) is 5.32 Å². The molecule has 0 atom stereocenters. The Labute approximate surface area is 166 Å². The first-order valence-electron chi connectivity index (χ1n) is 8.21. The van der Waals surface area contributed by atoms with E-state index in [1.165, 1.54) is 6.07 Å². The van der Waals surface area contributed by atoms with Gasteiger partial charge in [0, 0.05) is 16.0 Å². The smallest absolute Gasteiger partial charge is 0.310 e. The molecule has 0 saturated carbocycles. The minimum absolute atomic E-state index is 0.0183. The number of nitrogens with one attached hydrogen (secondary N) is 1. The zero-order chi connectivity index (χ0) is 19.6. The summed E-state index contributed by atoms with van der Waals surface area (Å²) in [6, 6.07) is 8.60. The summed E-state index contributed by atoms with van der Waals surface area (Å²) in [5, 5.41) is 4.20. The third-order valence-electron chi connectivity index (χ3n) is 4.17. The summed E-state index contributed by atoms with van der Waals surface area (Å²) in [4.78, 5) is 24.0. The van der Waals surface area contributed by atoms with Crippen LogP contribution < -0.4 is 5.32 Å². The number of hydrogen-bond donors (Lipinski definition) is 1. The second-order valence-electron chi connectivity index (χ2n) is 6.20. The first-order chi connectivity index (χ1) is 12.8. The van der Waals surface area contributed by atoms with Gasteiger partial charge in [0.2, 0.25) is 0 Å². The van der Waals surface area contributed by atoms with Crippen LogP contribution in [0.3, 0.4) is 0 Å². The van der Waals surface area contributed by atoms with Gasteiger partial charge in [-0.1, -0.05) is 23.2 Å². The molecule has 1 amide bonds. The molecule has 0 fully saturated rings. The minimum Gasteiger partial charge on any atom is -0.464 e. The Morgan fingerprint density at radius 1 is 1.11 bits per heavy atom. The van der Waals surface area contributed by atoms with Gasteiger partial charge in [-0.05, 0) is 55.3 Å². The van der Waals surface area contributed by atoms with E-state index in [1.807, 2.05) is 26.0 Å². The predicted molar refractivity (Wildman–Crippen MR) is 105 cm³/mol. The lowest BCUT2D eigenvalue weighted by atomic mass is 10.0. The van der Waals surface area contributed by atoms with E-state index in [4.69, 9.17) is 32.4 Å². The van der Waals surface area contributed by atoms with Crippen molar-refractivity contribution in [2.45, 2.75) is 20.3 Å². The summed E-state index contributed by atoms with van der Waals surface area (Å²) in [6.07, 6.45) is 1.56. The van der Waals surface area contributed by atoms with Gasteiger partial charge < -0.3 is 14.5 Å². The van der Waals surface area contributed by atoms with Crippen molar-refractivity contribution >= 4 is 51.7 Å². The van der Waals surface area contributed by atoms with Gasteiger partial charge in [-0.15, -0.1) is 0 Å². The zero-order valence-corrected chi connectivity index (χ0v) is 16.3. The quantitative estimate of drug-likeness (QED) is 0.600. The van der Waals surface area contributed by atoms with Crippen molar-refractivity contribution in [3.05, 3.63) is 63.3 Å². The SMILES string of the molecule is Cc1cc2occ(CC(=O)OCC(=O)Nc3ccc(Cl)cc3Cl)c2cc1C. The number of anilines is 1. The molecule has 140 valence electrons. The largest absolute Gasteiger partial charge is 0.464 e. The normalized spacial score (nSPS) is 10.8. The Bertz CT molecular complexity index is 1030. The van der Waals surface area contributed by atoms with Gasteiger partial charge in [0.15, 0.2) is 6.61 Å². The average Bonchev–Trinajstić information content (AvgIpc) is 2.98. The molecule has 1 aromatic heterocycles. The molecule has 1 heterocycles. The summed E-state index contributed by atoms with van der Waals surface area (Å²) < 4.78 is 10.6. The van der Waals surface area contributed by atoms with Crippen molar-refractivity contribution in [2.24, 2.45) is 0 Å². The predicted octanol–water partition coefficient (Wildman–Crippen LogP) is 5.08. The van der Waals surface area contributed by atoms with Crippen LogP contribution in [0.5, 0.6) is 0 Å². The molecule has 0 aliphatic carbocycles. The number of rotatable bonds is 5. The number of furan rings is 1. The van der Waals surface area contributed by atoms with Crippen molar-refractivity contribution in [1.29, 1.82) is 0 Å². The fourth-order valence-electron chi connectivity index (χ4n) is 2.60. The highest BCUT2D eigenvalue weighted by molar-refractivity contribution is 6.36. The summed E-state index contributed by atoms with van der Waals surface area (Å²) in [5.41, 5.74) is 4.06. The number of halogens is 2. The molecule has 2 aromatic carbocycles. The van der Waals surface area contributed by atoms with E-state index in [0.717, 1.165) is 27.7 Å². The van der Waals surface area contributed by atoms with Gasteiger partial charge >= 0.3 is 5.97 Å². The molecule has 7 heteroatoms. The number of ether oxygens (including phenoxy) is 1. The summed E-state index contributed by atoms with van der Waals surface area (Å²) in [7, 11) is 0. The molecule has 3 rings (SSSR count). The fraction of sp³-hybridized carbons (Fsp3) is 0.200. The molecule has 0 radical (unpaired) electrons. The zero-order valence-electron chi connectivity index (χ0n) is 14.8. The molecule has 0 saturated heterocycles. The van der Waals surface area contributed by atoms with Crippen LogP contribution in [0.1, 0.15) is 16.7 Å². The lowest BCUT2D eigenvalue weighted by Gasteiger charge is -2.08. The average molecular weight is 406 g/mol. The van der Waals surface area contributed by atoms with Crippen molar-refractivity contribution < 1.29 is 18.7 Å². The van der Waals surface area contributed by atoms with E-state index in [1.54, 1.807) is 18.4 Å². The Kier molecular flexibility index (Phi) is 5.73. The third kappa shape index (κ3) is 4.62. The number of carbonyl (C=O) groups is 2. The molecule has 0 aliphatic heterocycles. The lowest BCUT2D eigenvalue weighted by Crippen LogP contribution is -2.21. The van der Waals surface area contributed by atoms with Crippen molar-refractivity contribution in [3.63, 3.8) is 0 Å². The molecule has 0 unspecified atom stereocenters. The van der Waals surface area contributed by atoms with Crippen LogP contribution in [0.2, 0.25) is 10.0 Å². The number of aryl methyl sites for hydroxylation is 2. The Balaban J connectivity index is 1.58. The summed E-state index contributed by atoms with van der Waals surface area (Å²) in [5.74, 6) is -1.01. The highest BCUT2D eigenvalue weighted by atomic mass is 35.5. The third-order valence-corrected chi connectivity index (χ3v) is 4.72.